The first-order chi connectivity index (χ1) is 6.45. The molecule has 0 amide bonds. The molecule has 1 saturated carbocycles. The van der Waals surface area contributed by atoms with Crippen molar-refractivity contribution in [2.45, 2.75) is 31.8 Å². The molecular formula is C12H15O. The van der Waals surface area contributed by atoms with Gasteiger partial charge in [-0.25, -0.2) is 0 Å². The average molecular weight is 175 g/mol. The van der Waals surface area contributed by atoms with Crippen LogP contribution in [0.2, 0.25) is 0 Å². The quantitative estimate of drug-likeness (QED) is 0.549. The van der Waals surface area contributed by atoms with Gasteiger partial charge in [-0.3, -0.25) is 0 Å². The van der Waals surface area contributed by atoms with Crippen LogP contribution in [0.5, 0.6) is 0 Å². The van der Waals surface area contributed by atoms with Crippen molar-refractivity contribution < 1.29 is 4.74 Å². The third kappa shape index (κ3) is 1.18. The zero-order valence-corrected chi connectivity index (χ0v) is 7.83. The highest BCUT2D eigenvalue weighted by atomic mass is 16.5. The summed E-state index contributed by atoms with van der Waals surface area (Å²) in [7, 11) is 0. The molecule has 0 spiro atoms. The highest BCUT2D eigenvalue weighted by Gasteiger charge is 2.38. The Morgan fingerprint density at radius 2 is 2.38 bits per heavy atom. The minimum atomic E-state index is 0.465. The molecule has 1 aliphatic heterocycles. The molecule has 1 heteroatoms. The second-order valence-corrected chi connectivity index (χ2v) is 4.30. The summed E-state index contributed by atoms with van der Waals surface area (Å²) in [6.45, 7) is 0.944. The van der Waals surface area contributed by atoms with Crippen LogP contribution >= 0.6 is 0 Å². The Bertz CT molecular complexity index is 264. The number of hydrogen-bond acceptors (Lipinski definition) is 1. The molecule has 69 valence electrons. The van der Waals surface area contributed by atoms with Crippen LogP contribution in [-0.2, 0) is 4.74 Å². The van der Waals surface area contributed by atoms with Crippen molar-refractivity contribution in [3.8, 4) is 0 Å². The standard InChI is InChI=1S/C12H15O/c1-3-9-4-2-6-11(9)12-10(5-1)7-8-13-12/h1,3,10-12H,2,4,6-8H2. The number of hydrogen-bond donors (Lipinski definition) is 0. The highest BCUT2D eigenvalue weighted by molar-refractivity contribution is 5.23. The summed E-state index contributed by atoms with van der Waals surface area (Å²) in [5.74, 6) is 1.30. The van der Waals surface area contributed by atoms with Gasteiger partial charge < -0.3 is 4.74 Å². The van der Waals surface area contributed by atoms with Crippen molar-refractivity contribution in [1.82, 2.24) is 0 Å². The van der Waals surface area contributed by atoms with Crippen LogP contribution < -0.4 is 0 Å². The lowest BCUT2D eigenvalue weighted by Gasteiger charge is -2.21. The third-order valence-electron chi connectivity index (χ3n) is 3.60. The zero-order valence-electron chi connectivity index (χ0n) is 7.83. The lowest BCUT2D eigenvalue weighted by molar-refractivity contribution is 0.0638. The van der Waals surface area contributed by atoms with E-state index >= 15 is 0 Å². The van der Waals surface area contributed by atoms with Gasteiger partial charge in [0, 0.05) is 18.4 Å². The molecule has 1 saturated heterocycles. The van der Waals surface area contributed by atoms with Gasteiger partial charge in [0.1, 0.15) is 0 Å². The van der Waals surface area contributed by atoms with Crippen LogP contribution in [0, 0.1) is 17.9 Å². The molecule has 0 N–H and O–H groups in total. The molecular weight excluding hydrogens is 160 g/mol. The summed E-state index contributed by atoms with van der Waals surface area (Å²) >= 11 is 0. The molecule has 0 aromatic carbocycles. The molecule has 1 nitrogen and oxygen atoms in total. The van der Waals surface area contributed by atoms with Gasteiger partial charge in [-0.05, 0) is 31.8 Å². The maximum atomic E-state index is 5.83. The van der Waals surface area contributed by atoms with Gasteiger partial charge in [-0.15, -0.1) is 0 Å². The second kappa shape index (κ2) is 2.98. The Morgan fingerprint density at radius 1 is 1.38 bits per heavy atom. The van der Waals surface area contributed by atoms with E-state index in [2.05, 4.69) is 18.2 Å². The van der Waals surface area contributed by atoms with E-state index in [0.29, 0.717) is 12.0 Å². The fraction of sp³-hybridized carbons (Fsp3) is 0.667. The fourth-order valence-electron chi connectivity index (χ4n) is 2.94. The Morgan fingerprint density at radius 3 is 3.38 bits per heavy atom. The maximum Gasteiger partial charge on any atom is 0.0709 e. The summed E-state index contributed by atoms with van der Waals surface area (Å²) in [4.78, 5) is 0. The Balaban J connectivity index is 1.94. The number of rotatable bonds is 0. The topological polar surface area (TPSA) is 9.23 Å². The minimum Gasteiger partial charge on any atom is -0.377 e. The minimum absolute atomic E-state index is 0.465. The van der Waals surface area contributed by atoms with Crippen LogP contribution in [0.4, 0.5) is 0 Å². The van der Waals surface area contributed by atoms with Gasteiger partial charge in [0.15, 0.2) is 0 Å². The maximum absolute atomic E-state index is 5.83. The summed E-state index contributed by atoms with van der Waals surface area (Å²) < 4.78 is 5.83. The monoisotopic (exact) mass is 175 g/mol. The summed E-state index contributed by atoms with van der Waals surface area (Å²) in [6, 6.07) is 0. The lowest BCUT2D eigenvalue weighted by Crippen LogP contribution is -2.23. The molecule has 3 unspecified atom stereocenters. The van der Waals surface area contributed by atoms with Crippen molar-refractivity contribution in [3.63, 3.8) is 0 Å². The van der Waals surface area contributed by atoms with Gasteiger partial charge >= 0.3 is 0 Å². The number of allylic oxidation sites excluding steroid dienone is 2. The smallest absolute Gasteiger partial charge is 0.0709 e. The van der Waals surface area contributed by atoms with E-state index in [0.717, 1.165) is 12.5 Å². The molecule has 0 bridgehead atoms. The predicted molar refractivity (Wildman–Crippen MR) is 51.1 cm³/mol. The SMILES string of the molecule is [C]1=CC=C2CCCC2C2OCCC12. The van der Waals surface area contributed by atoms with Crippen molar-refractivity contribution in [2.24, 2.45) is 11.8 Å². The molecule has 13 heavy (non-hydrogen) atoms. The second-order valence-electron chi connectivity index (χ2n) is 4.30. The Hall–Kier alpha value is -0.560. The van der Waals surface area contributed by atoms with E-state index in [-0.39, 0.29) is 0 Å². The Labute approximate surface area is 79.5 Å². The van der Waals surface area contributed by atoms with Gasteiger partial charge in [-0.2, -0.15) is 0 Å². The van der Waals surface area contributed by atoms with E-state index in [1.54, 1.807) is 5.57 Å². The lowest BCUT2D eigenvalue weighted by atomic mass is 9.89. The van der Waals surface area contributed by atoms with Gasteiger partial charge in [0.05, 0.1) is 6.10 Å². The zero-order chi connectivity index (χ0) is 8.67. The van der Waals surface area contributed by atoms with E-state index in [9.17, 15) is 0 Å². The fourth-order valence-corrected chi connectivity index (χ4v) is 2.94. The molecule has 3 aliphatic rings. The van der Waals surface area contributed by atoms with E-state index < -0.39 is 0 Å². The van der Waals surface area contributed by atoms with Crippen molar-refractivity contribution >= 4 is 0 Å². The molecule has 2 aliphatic carbocycles. The van der Waals surface area contributed by atoms with E-state index in [1.165, 1.54) is 25.7 Å². The predicted octanol–water partition coefficient (Wildman–Crippen LogP) is 2.49. The third-order valence-corrected chi connectivity index (χ3v) is 3.60. The first-order valence-electron chi connectivity index (χ1n) is 5.35. The number of fused-ring (bicyclic) bond motifs is 3. The number of ether oxygens (including phenoxy) is 1. The van der Waals surface area contributed by atoms with Gasteiger partial charge in [-0.1, -0.05) is 17.7 Å². The van der Waals surface area contributed by atoms with Crippen LogP contribution in [0.3, 0.4) is 0 Å². The van der Waals surface area contributed by atoms with Crippen LogP contribution in [0.25, 0.3) is 0 Å². The van der Waals surface area contributed by atoms with E-state index in [4.69, 9.17) is 4.74 Å². The molecule has 3 rings (SSSR count). The first kappa shape index (κ1) is 7.81. The van der Waals surface area contributed by atoms with Gasteiger partial charge in [0.25, 0.3) is 0 Å². The largest absolute Gasteiger partial charge is 0.377 e. The van der Waals surface area contributed by atoms with Crippen LogP contribution in [0.15, 0.2) is 17.7 Å². The molecule has 2 fully saturated rings. The molecule has 1 radical (unpaired) electrons. The molecule has 0 aromatic rings. The summed E-state index contributed by atoms with van der Waals surface area (Å²) in [6.07, 6.45) is 13.5. The van der Waals surface area contributed by atoms with Crippen LogP contribution in [-0.4, -0.2) is 12.7 Å². The first-order valence-corrected chi connectivity index (χ1v) is 5.35. The summed E-state index contributed by atoms with van der Waals surface area (Å²) in [5, 5.41) is 0. The molecule has 1 heterocycles. The van der Waals surface area contributed by atoms with E-state index in [1.807, 2.05) is 0 Å². The molecule has 3 atom stereocenters. The average Bonchev–Trinajstić information content (AvgIpc) is 2.72. The van der Waals surface area contributed by atoms with Crippen molar-refractivity contribution in [3.05, 3.63) is 23.8 Å². The van der Waals surface area contributed by atoms with Crippen molar-refractivity contribution in [2.75, 3.05) is 6.61 Å². The van der Waals surface area contributed by atoms with Crippen LogP contribution in [0.1, 0.15) is 25.7 Å². The summed E-state index contributed by atoms with van der Waals surface area (Å²) in [5.41, 5.74) is 1.61. The van der Waals surface area contributed by atoms with Crippen molar-refractivity contribution in [1.29, 1.82) is 0 Å². The Kier molecular flexibility index (Phi) is 1.79. The molecule has 0 aromatic heterocycles. The highest BCUT2D eigenvalue weighted by Crippen LogP contribution is 2.42. The van der Waals surface area contributed by atoms with Gasteiger partial charge in [0.2, 0.25) is 0 Å². The normalized spacial score (nSPS) is 42.5.